The van der Waals surface area contributed by atoms with Crippen LogP contribution in [0.4, 0.5) is 0 Å². The Morgan fingerprint density at radius 2 is 1.71 bits per heavy atom. The number of carbonyl (C=O) groups excluding carboxylic acids is 3. The average Bonchev–Trinajstić information content (AvgIpc) is 3.32. The number of aromatic hydroxyl groups is 1. The fourth-order valence-corrected chi connectivity index (χ4v) is 5.97. The Hall–Kier alpha value is -5.28. The van der Waals surface area contributed by atoms with Crippen LogP contribution in [0, 0.1) is 0 Å². The molecule has 4 aromatic rings. The highest BCUT2D eigenvalue weighted by atomic mass is 35.5. The molecular formula is C35H28ClNO8. The van der Waals surface area contributed by atoms with Gasteiger partial charge in [-0.25, -0.2) is 0 Å². The van der Waals surface area contributed by atoms with Gasteiger partial charge in [0.15, 0.2) is 17.3 Å². The summed E-state index contributed by atoms with van der Waals surface area (Å²) in [6.07, 6.45) is 1.16. The quantitative estimate of drug-likeness (QED) is 0.196. The molecule has 0 fully saturated rings. The third-order valence-corrected chi connectivity index (χ3v) is 8.41. The Morgan fingerprint density at radius 3 is 2.40 bits per heavy atom. The summed E-state index contributed by atoms with van der Waals surface area (Å²) in [6, 6.07) is 20.0. The molecule has 0 saturated heterocycles. The highest BCUT2D eigenvalue weighted by molar-refractivity contribution is 6.30. The summed E-state index contributed by atoms with van der Waals surface area (Å²) in [7, 11) is 1.34. The lowest BCUT2D eigenvalue weighted by Gasteiger charge is -2.27. The van der Waals surface area contributed by atoms with E-state index in [9.17, 15) is 24.6 Å². The van der Waals surface area contributed by atoms with Crippen molar-refractivity contribution >= 4 is 39.8 Å². The Kier molecular flexibility index (Phi) is 7.50. The van der Waals surface area contributed by atoms with Crippen molar-refractivity contribution in [2.75, 3.05) is 7.11 Å². The predicted molar refractivity (Wildman–Crippen MR) is 167 cm³/mol. The van der Waals surface area contributed by atoms with E-state index in [-0.39, 0.29) is 40.7 Å². The first kappa shape index (κ1) is 29.8. The van der Waals surface area contributed by atoms with E-state index in [2.05, 4.69) is 5.32 Å². The number of hydrogen-bond acceptors (Lipinski definition) is 8. The van der Waals surface area contributed by atoms with E-state index in [4.69, 9.17) is 25.8 Å². The molecule has 0 aromatic heterocycles. The van der Waals surface area contributed by atoms with Gasteiger partial charge in [-0.15, -0.1) is 0 Å². The molecule has 9 nitrogen and oxygen atoms in total. The number of phenolic OH excluding ortho intramolecular Hbond substituents is 1. The van der Waals surface area contributed by atoms with Gasteiger partial charge in [-0.3, -0.25) is 14.4 Å². The lowest BCUT2D eigenvalue weighted by molar-refractivity contribution is -0.123. The first-order chi connectivity index (χ1) is 21.5. The normalized spacial score (nSPS) is 16.9. The number of phenols is 1. The molecule has 10 heteroatoms. The number of amides is 1. The minimum Gasteiger partial charge on any atom is -0.507 e. The molecule has 0 saturated carbocycles. The molecule has 2 aliphatic rings. The molecule has 228 valence electrons. The van der Waals surface area contributed by atoms with Crippen molar-refractivity contribution in [3.63, 3.8) is 0 Å². The van der Waals surface area contributed by atoms with Crippen LogP contribution in [0.3, 0.4) is 0 Å². The lowest BCUT2D eigenvalue weighted by Crippen LogP contribution is -2.38. The van der Waals surface area contributed by atoms with Gasteiger partial charge >= 0.3 is 0 Å². The molecule has 4 aromatic carbocycles. The number of methoxy groups -OCH3 is 1. The second-order valence-electron chi connectivity index (χ2n) is 10.9. The zero-order chi connectivity index (χ0) is 32.0. The molecule has 0 radical (unpaired) electrons. The molecule has 1 aliphatic heterocycles. The number of ketones is 2. The summed E-state index contributed by atoms with van der Waals surface area (Å²) in [5.41, 5.74) is -0.328. The van der Waals surface area contributed by atoms with Crippen LogP contribution in [-0.2, 0) is 28.2 Å². The number of allylic oxidation sites excluding steroid dienone is 3. The van der Waals surface area contributed by atoms with Crippen molar-refractivity contribution in [1.29, 1.82) is 0 Å². The summed E-state index contributed by atoms with van der Waals surface area (Å²) >= 11 is 5.99. The second kappa shape index (κ2) is 11.3. The first-order valence-electron chi connectivity index (χ1n) is 14.0. The largest absolute Gasteiger partial charge is 0.507 e. The smallest absolute Gasteiger partial charge is 0.259 e. The fraction of sp³-hybridized carbons (Fsp3) is 0.171. The molecule has 3 N–H and O–H groups in total. The Morgan fingerprint density at radius 1 is 1.00 bits per heavy atom. The number of hydrogen-bond donors (Lipinski definition) is 3. The van der Waals surface area contributed by atoms with Crippen molar-refractivity contribution < 1.29 is 38.8 Å². The summed E-state index contributed by atoms with van der Waals surface area (Å²) in [4.78, 5) is 39.5. The fourth-order valence-electron chi connectivity index (χ4n) is 5.84. The summed E-state index contributed by atoms with van der Waals surface area (Å²) in [5, 5.41) is 26.7. The molecular weight excluding hydrogens is 598 g/mol. The second-order valence-corrected chi connectivity index (χ2v) is 11.4. The Balaban J connectivity index is 1.31. The van der Waals surface area contributed by atoms with Crippen LogP contribution in [0.15, 0.2) is 89.9 Å². The monoisotopic (exact) mass is 625 g/mol. The van der Waals surface area contributed by atoms with Crippen LogP contribution in [0.5, 0.6) is 23.0 Å². The standard InChI is InChI=1S/C35H28ClNO8/c1-18(38)29-24(39)15-28-35(2,33(29)41)31-25(40)14-27(43-3)30(32(31)45-28)34(42)37-16-20-10-13-26(23-7-5-4-6-22(20)23)44-17-19-8-11-21(36)12-9-19/h4-15,39-40H,16-17H2,1-3H3,(H,37,42)/t35-/m1/s1. The topological polar surface area (TPSA) is 131 Å². The van der Waals surface area contributed by atoms with Crippen molar-refractivity contribution in [1.82, 2.24) is 5.32 Å². The van der Waals surface area contributed by atoms with E-state index < -0.39 is 34.2 Å². The van der Waals surface area contributed by atoms with Gasteiger partial charge in [0.2, 0.25) is 0 Å². The number of ether oxygens (including phenoxy) is 3. The number of nitrogens with one attached hydrogen (secondary N) is 1. The molecule has 1 amide bonds. The van der Waals surface area contributed by atoms with Crippen LogP contribution in [0.2, 0.25) is 5.02 Å². The Bertz CT molecular complexity index is 1980. The van der Waals surface area contributed by atoms with E-state index in [1.165, 1.54) is 20.1 Å². The zero-order valence-corrected chi connectivity index (χ0v) is 25.3. The number of benzene rings is 4. The number of Topliss-reactive ketones (excluding diaryl/α,β-unsaturated/α-hetero) is 2. The number of carbonyl (C=O) groups is 3. The van der Waals surface area contributed by atoms with Gasteiger partial charge in [0.05, 0.1) is 12.7 Å². The molecule has 1 aliphatic carbocycles. The molecule has 45 heavy (non-hydrogen) atoms. The maximum Gasteiger partial charge on any atom is 0.259 e. The van der Waals surface area contributed by atoms with E-state index >= 15 is 0 Å². The highest BCUT2D eigenvalue weighted by Crippen LogP contribution is 2.56. The van der Waals surface area contributed by atoms with Crippen LogP contribution < -0.4 is 19.5 Å². The third-order valence-electron chi connectivity index (χ3n) is 8.15. The number of rotatable bonds is 8. The number of fused-ring (bicyclic) bond motifs is 4. The van der Waals surface area contributed by atoms with Gasteiger partial charge in [0.25, 0.3) is 5.91 Å². The predicted octanol–water partition coefficient (Wildman–Crippen LogP) is 6.23. The van der Waals surface area contributed by atoms with Crippen molar-refractivity contribution in [2.24, 2.45) is 0 Å². The number of halogens is 1. The highest BCUT2D eigenvalue weighted by Gasteiger charge is 2.55. The van der Waals surface area contributed by atoms with Gasteiger partial charge in [0, 0.05) is 29.1 Å². The molecule has 1 atom stereocenters. The molecule has 6 rings (SSSR count). The maximum atomic E-state index is 13.8. The SMILES string of the molecule is COc1cc(O)c2c(c1C(=O)NCc1ccc(OCc3ccc(Cl)cc3)c3ccccc13)OC1=CC(O)=C(C(C)=O)C(=O)[C@]12C. The van der Waals surface area contributed by atoms with E-state index in [0.29, 0.717) is 17.4 Å². The first-order valence-corrected chi connectivity index (χ1v) is 14.4. The van der Waals surface area contributed by atoms with Crippen molar-refractivity contribution in [2.45, 2.75) is 32.4 Å². The van der Waals surface area contributed by atoms with Crippen LogP contribution >= 0.6 is 11.6 Å². The van der Waals surface area contributed by atoms with Gasteiger partial charge in [-0.1, -0.05) is 54.1 Å². The summed E-state index contributed by atoms with van der Waals surface area (Å²) < 4.78 is 17.5. The molecule has 1 heterocycles. The van der Waals surface area contributed by atoms with E-state index in [1.54, 1.807) is 12.1 Å². The Labute approximate surface area is 263 Å². The van der Waals surface area contributed by atoms with Gasteiger partial charge < -0.3 is 29.7 Å². The minimum absolute atomic E-state index is 0.00332. The maximum absolute atomic E-state index is 13.8. The van der Waals surface area contributed by atoms with Gasteiger partial charge in [-0.05, 0) is 48.6 Å². The third kappa shape index (κ3) is 4.95. The van der Waals surface area contributed by atoms with Crippen molar-refractivity contribution in [3.05, 3.63) is 117 Å². The number of aliphatic hydroxyl groups excluding tert-OH is 1. The van der Waals surface area contributed by atoms with Crippen LogP contribution in [0.1, 0.15) is 40.9 Å². The van der Waals surface area contributed by atoms with E-state index in [1.807, 2.05) is 48.5 Å². The van der Waals surface area contributed by atoms with Crippen molar-refractivity contribution in [3.8, 4) is 23.0 Å². The summed E-state index contributed by atoms with van der Waals surface area (Å²) in [6.45, 7) is 3.10. The molecule has 0 bridgehead atoms. The lowest BCUT2D eigenvalue weighted by atomic mass is 9.71. The van der Waals surface area contributed by atoms with E-state index in [0.717, 1.165) is 34.9 Å². The van der Waals surface area contributed by atoms with Gasteiger partial charge in [-0.2, -0.15) is 0 Å². The summed E-state index contributed by atoms with van der Waals surface area (Å²) in [5.74, 6) is -2.31. The van der Waals surface area contributed by atoms with Gasteiger partial charge in [0.1, 0.15) is 51.9 Å². The average molecular weight is 626 g/mol. The minimum atomic E-state index is -1.65. The van der Waals surface area contributed by atoms with Crippen LogP contribution in [-0.4, -0.2) is 34.8 Å². The molecule has 0 unspecified atom stereocenters. The molecule has 0 spiro atoms. The zero-order valence-electron chi connectivity index (χ0n) is 24.6. The van der Waals surface area contributed by atoms with Crippen LogP contribution in [0.25, 0.3) is 10.8 Å². The number of aliphatic hydroxyl groups is 1.